The lowest BCUT2D eigenvalue weighted by Crippen LogP contribution is -2.35. The number of benzene rings is 1. The van der Waals surface area contributed by atoms with E-state index in [0.717, 1.165) is 33.4 Å². The summed E-state index contributed by atoms with van der Waals surface area (Å²) in [5.74, 6) is -0.0790. The van der Waals surface area contributed by atoms with Crippen LogP contribution in [0.3, 0.4) is 0 Å². The molecule has 0 saturated carbocycles. The molecule has 1 aromatic carbocycles. The maximum atomic E-state index is 11.9. The van der Waals surface area contributed by atoms with Crippen LogP contribution < -0.4 is 5.32 Å². The molecule has 0 radical (unpaired) electrons. The number of nitrogens with zero attached hydrogens (tertiary/aromatic N) is 4. The highest BCUT2D eigenvalue weighted by Gasteiger charge is 2.20. The van der Waals surface area contributed by atoms with Gasteiger partial charge in [0.2, 0.25) is 0 Å². The highest BCUT2D eigenvalue weighted by Crippen LogP contribution is 2.26. The van der Waals surface area contributed by atoms with Gasteiger partial charge in [0.25, 0.3) is 5.91 Å². The van der Waals surface area contributed by atoms with Gasteiger partial charge in [0.15, 0.2) is 0 Å². The van der Waals surface area contributed by atoms with E-state index in [2.05, 4.69) is 31.7 Å². The zero-order valence-corrected chi connectivity index (χ0v) is 13.2. The van der Waals surface area contributed by atoms with Crippen molar-refractivity contribution in [3.8, 4) is 22.5 Å². The molecular formula is C18H14N6O. The molecule has 0 bridgehead atoms. The number of amides is 1. The monoisotopic (exact) mass is 330 g/mol. The number of nitrogens with one attached hydrogen (secondary N) is 2. The lowest BCUT2D eigenvalue weighted by molar-refractivity contribution is 0.0924. The summed E-state index contributed by atoms with van der Waals surface area (Å²) < 4.78 is 1.76. The number of pyridine rings is 1. The number of aromatic nitrogens is 5. The molecule has 0 fully saturated rings. The summed E-state index contributed by atoms with van der Waals surface area (Å²) in [4.78, 5) is 16.4. The van der Waals surface area contributed by atoms with E-state index in [4.69, 9.17) is 0 Å². The van der Waals surface area contributed by atoms with Gasteiger partial charge in [-0.1, -0.05) is 6.07 Å². The van der Waals surface area contributed by atoms with E-state index in [0.29, 0.717) is 18.8 Å². The Balaban J connectivity index is 1.58. The molecule has 1 aliphatic rings. The summed E-state index contributed by atoms with van der Waals surface area (Å²) in [7, 11) is 0. The van der Waals surface area contributed by atoms with Crippen LogP contribution in [0.2, 0.25) is 0 Å². The summed E-state index contributed by atoms with van der Waals surface area (Å²) in [6.45, 7) is 1.30. The lowest BCUT2D eigenvalue weighted by Gasteiger charge is -2.13. The Labute approximate surface area is 142 Å². The molecule has 1 aliphatic heterocycles. The largest absolute Gasteiger partial charge is 0.349 e. The second-order valence-corrected chi connectivity index (χ2v) is 6.00. The fourth-order valence-electron chi connectivity index (χ4n) is 3.13. The van der Waals surface area contributed by atoms with E-state index < -0.39 is 0 Å². The minimum atomic E-state index is -0.0790. The normalized spacial score (nSPS) is 13.7. The second kappa shape index (κ2) is 5.27. The van der Waals surface area contributed by atoms with Gasteiger partial charge in [0.05, 0.1) is 29.6 Å². The fourth-order valence-corrected chi connectivity index (χ4v) is 3.13. The second-order valence-electron chi connectivity index (χ2n) is 6.00. The number of carbonyl (C=O) groups is 1. The van der Waals surface area contributed by atoms with E-state index >= 15 is 0 Å². The van der Waals surface area contributed by atoms with Crippen LogP contribution in [-0.4, -0.2) is 37.4 Å². The SMILES string of the molecule is O=C1NCCn2nc(-c3ccnc(-c4ccc5[nH]ncc5c4)c3)cc21. The van der Waals surface area contributed by atoms with Crippen molar-refractivity contribution in [3.05, 3.63) is 54.5 Å². The number of H-pyrrole nitrogens is 1. The first kappa shape index (κ1) is 13.9. The molecule has 7 heteroatoms. The van der Waals surface area contributed by atoms with Crippen LogP contribution in [0.25, 0.3) is 33.4 Å². The number of carbonyl (C=O) groups excluding carboxylic acids is 1. The summed E-state index contributed by atoms with van der Waals surface area (Å²) in [6.07, 6.45) is 3.56. The fraction of sp³-hybridized carbons (Fsp3) is 0.111. The molecule has 0 aliphatic carbocycles. The van der Waals surface area contributed by atoms with Gasteiger partial charge in [0, 0.05) is 29.3 Å². The van der Waals surface area contributed by atoms with Crippen molar-refractivity contribution in [2.75, 3.05) is 6.54 Å². The van der Waals surface area contributed by atoms with Crippen LogP contribution in [0.4, 0.5) is 0 Å². The molecule has 5 rings (SSSR count). The van der Waals surface area contributed by atoms with E-state index in [1.807, 2.05) is 30.3 Å². The summed E-state index contributed by atoms with van der Waals surface area (Å²) >= 11 is 0. The van der Waals surface area contributed by atoms with Crippen LogP contribution in [-0.2, 0) is 6.54 Å². The molecule has 0 spiro atoms. The predicted octanol–water partition coefficient (Wildman–Crippen LogP) is 2.23. The number of rotatable bonds is 2. The van der Waals surface area contributed by atoms with Gasteiger partial charge < -0.3 is 5.32 Å². The Bertz CT molecular complexity index is 1110. The summed E-state index contributed by atoms with van der Waals surface area (Å²) in [5.41, 5.74) is 5.17. The van der Waals surface area contributed by atoms with Crippen LogP contribution in [0.5, 0.6) is 0 Å². The molecule has 0 atom stereocenters. The van der Waals surface area contributed by atoms with Gasteiger partial charge >= 0.3 is 0 Å². The van der Waals surface area contributed by atoms with E-state index in [-0.39, 0.29) is 5.91 Å². The molecule has 0 saturated heterocycles. The molecule has 1 amide bonds. The molecule has 4 aromatic rings. The maximum Gasteiger partial charge on any atom is 0.269 e. The average molecular weight is 330 g/mol. The Morgan fingerprint density at radius 2 is 1.96 bits per heavy atom. The van der Waals surface area contributed by atoms with E-state index in [1.165, 1.54) is 0 Å². The molecular weight excluding hydrogens is 316 g/mol. The minimum Gasteiger partial charge on any atom is -0.349 e. The third-order valence-electron chi connectivity index (χ3n) is 4.41. The minimum absolute atomic E-state index is 0.0790. The Morgan fingerprint density at radius 1 is 1.04 bits per heavy atom. The smallest absolute Gasteiger partial charge is 0.269 e. The number of aromatic amines is 1. The van der Waals surface area contributed by atoms with Gasteiger partial charge in [-0.3, -0.25) is 19.6 Å². The summed E-state index contributed by atoms with van der Waals surface area (Å²) in [5, 5.41) is 15.4. The number of fused-ring (bicyclic) bond motifs is 2. The highest BCUT2D eigenvalue weighted by atomic mass is 16.2. The predicted molar refractivity (Wildman–Crippen MR) is 92.9 cm³/mol. The van der Waals surface area contributed by atoms with Gasteiger partial charge in [-0.15, -0.1) is 0 Å². The molecule has 2 N–H and O–H groups in total. The zero-order valence-electron chi connectivity index (χ0n) is 13.2. The maximum absolute atomic E-state index is 11.9. The van der Waals surface area contributed by atoms with Gasteiger partial charge in [-0.25, -0.2) is 0 Å². The molecule has 25 heavy (non-hydrogen) atoms. The standard InChI is InChI=1S/C18H14N6O/c25-18-17-9-16(23-24(17)6-5-20-18)12-3-4-19-15(8-12)11-1-2-14-13(7-11)10-21-22-14/h1-4,7-10H,5-6H2,(H,20,25)(H,21,22). The van der Waals surface area contributed by atoms with E-state index in [9.17, 15) is 4.79 Å². The van der Waals surface area contributed by atoms with Crippen molar-refractivity contribution >= 4 is 16.8 Å². The van der Waals surface area contributed by atoms with Crippen LogP contribution >= 0.6 is 0 Å². The average Bonchev–Trinajstić information content (AvgIpc) is 3.28. The molecule has 122 valence electrons. The Morgan fingerprint density at radius 3 is 2.88 bits per heavy atom. The van der Waals surface area contributed by atoms with Crippen LogP contribution in [0, 0.1) is 0 Å². The van der Waals surface area contributed by atoms with Crippen molar-refractivity contribution in [1.29, 1.82) is 0 Å². The lowest BCUT2D eigenvalue weighted by atomic mass is 10.1. The summed E-state index contributed by atoms with van der Waals surface area (Å²) in [6, 6.07) is 11.8. The Kier molecular flexibility index (Phi) is 2.93. The quantitative estimate of drug-likeness (QED) is 0.590. The van der Waals surface area contributed by atoms with Gasteiger partial charge in [-0.05, 0) is 30.3 Å². The molecule has 3 aromatic heterocycles. The first-order valence-electron chi connectivity index (χ1n) is 8.04. The number of hydrogen-bond donors (Lipinski definition) is 2. The topological polar surface area (TPSA) is 88.5 Å². The van der Waals surface area contributed by atoms with Crippen LogP contribution in [0.1, 0.15) is 10.5 Å². The third kappa shape index (κ3) is 2.28. The molecule has 0 unspecified atom stereocenters. The van der Waals surface area contributed by atoms with Crippen molar-refractivity contribution < 1.29 is 4.79 Å². The van der Waals surface area contributed by atoms with Gasteiger partial charge in [-0.2, -0.15) is 10.2 Å². The molecule has 4 heterocycles. The van der Waals surface area contributed by atoms with E-state index in [1.54, 1.807) is 17.1 Å². The Hall–Kier alpha value is -3.48. The first-order valence-corrected chi connectivity index (χ1v) is 8.04. The van der Waals surface area contributed by atoms with Crippen molar-refractivity contribution in [3.63, 3.8) is 0 Å². The van der Waals surface area contributed by atoms with Crippen LogP contribution in [0.15, 0.2) is 48.8 Å². The first-order chi connectivity index (χ1) is 12.3. The highest BCUT2D eigenvalue weighted by molar-refractivity contribution is 5.94. The van der Waals surface area contributed by atoms with Crippen molar-refractivity contribution in [1.82, 2.24) is 30.3 Å². The third-order valence-corrected chi connectivity index (χ3v) is 4.41. The van der Waals surface area contributed by atoms with Gasteiger partial charge in [0.1, 0.15) is 5.69 Å². The van der Waals surface area contributed by atoms with Crippen molar-refractivity contribution in [2.24, 2.45) is 0 Å². The zero-order chi connectivity index (χ0) is 16.8. The van der Waals surface area contributed by atoms with Crippen molar-refractivity contribution in [2.45, 2.75) is 6.54 Å². The number of hydrogen-bond acceptors (Lipinski definition) is 4. The molecule has 7 nitrogen and oxygen atoms in total.